The van der Waals surface area contributed by atoms with E-state index >= 15 is 0 Å². The van der Waals surface area contributed by atoms with Crippen molar-refractivity contribution in [3.63, 3.8) is 0 Å². The van der Waals surface area contributed by atoms with E-state index in [1.165, 1.54) is 0 Å². The molecule has 0 spiro atoms. The van der Waals surface area contributed by atoms with Gasteiger partial charge in [-0.05, 0) is 36.8 Å². The molecular formula is C15H19NO2. The molecule has 0 aromatic heterocycles. The Labute approximate surface area is 108 Å². The van der Waals surface area contributed by atoms with Crippen LogP contribution < -0.4 is 4.90 Å². The van der Waals surface area contributed by atoms with E-state index < -0.39 is 0 Å². The van der Waals surface area contributed by atoms with E-state index in [1.54, 1.807) is 6.08 Å². The molecule has 1 aliphatic heterocycles. The second-order valence-corrected chi connectivity index (χ2v) is 4.32. The first-order chi connectivity index (χ1) is 8.81. The number of nitrogens with zero attached hydrogens (tertiary/aromatic N) is 1. The topological polar surface area (TPSA) is 29.5 Å². The maximum Gasteiger partial charge on any atom is 0.185 e. The molecule has 0 aliphatic carbocycles. The molecule has 0 bridgehead atoms. The van der Waals surface area contributed by atoms with Crippen LogP contribution >= 0.6 is 0 Å². The van der Waals surface area contributed by atoms with Gasteiger partial charge in [0.1, 0.15) is 0 Å². The van der Waals surface area contributed by atoms with Crippen molar-refractivity contribution in [3.05, 3.63) is 42.0 Å². The largest absolute Gasteiger partial charge is 0.378 e. The molecule has 1 aromatic carbocycles. The highest BCUT2D eigenvalue weighted by Gasteiger charge is 2.11. The lowest BCUT2D eigenvalue weighted by atomic mass is 10.1. The molecule has 3 nitrogen and oxygen atoms in total. The first-order valence-electron chi connectivity index (χ1n) is 6.45. The van der Waals surface area contributed by atoms with Crippen LogP contribution in [-0.4, -0.2) is 32.1 Å². The maximum atomic E-state index is 11.8. The van der Waals surface area contributed by atoms with Gasteiger partial charge in [-0.1, -0.05) is 13.0 Å². The van der Waals surface area contributed by atoms with E-state index in [9.17, 15) is 4.79 Å². The number of hydrogen-bond acceptors (Lipinski definition) is 3. The van der Waals surface area contributed by atoms with E-state index in [0.29, 0.717) is 0 Å². The standard InChI is InChI=1S/C15H19NO2/c1-2-3-4-15(17)13-5-7-14(8-6-13)16-9-11-18-12-10-16/h3-8H,2,9-12H2,1H3/b4-3+. The van der Waals surface area contributed by atoms with Gasteiger partial charge < -0.3 is 9.64 Å². The van der Waals surface area contributed by atoms with Crippen molar-refractivity contribution in [3.8, 4) is 0 Å². The number of allylic oxidation sites excluding steroid dienone is 2. The summed E-state index contributed by atoms with van der Waals surface area (Å²) < 4.78 is 5.32. The summed E-state index contributed by atoms with van der Waals surface area (Å²) in [5, 5.41) is 0. The van der Waals surface area contributed by atoms with Gasteiger partial charge in [-0.3, -0.25) is 4.79 Å². The molecule has 1 heterocycles. The smallest absolute Gasteiger partial charge is 0.185 e. The molecule has 96 valence electrons. The number of rotatable bonds is 4. The fraction of sp³-hybridized carbons (Fsp3) is 0.400. The average Bonchev–Trinajstić information content (AvgIpc) is 2.46. The number of anilines is 1. The van der Waals surface area contributed by atoms with Crippen molar-refractivity contribution in [2.75, 3.05) is 31.2 Å². The molecule has 0 amide bonds. The summed E-state index contributed by atoms with van der Waals surface area (Å²) in [4.78, 5) is 14.0. The first-order valence-corrected chi connectivity index (χ1v) is 6.45. The van der Waals surface area contributed by atoms with Crippen LogP contribution in [-0.2, 0) is 4.74 Å². The summed E-state index contributed by atoms with van der Waals surface area (Å²) in [6, 6.07) is 7.82. The number of hydrogen-bond donors (Lipinski definition) is 0. The molecule has 0 radical (unpaired) electrons. The summed E-state index contributed by atoms with van der Waals surface area (Å²) in [6.07, 6.45) is 4.42. The zero-order valence-corrected chi connectivity index (χ0v) is 10.8. The Morgan fingerprint density at radius 1 is 1.28 bits per heavy atom. The quantitative estimate of drug-likeness (QED) is 0.603. The minimum atomic E-state index is 0.0744. The van der Waals surface area contributed by atoms with Gasteiger partial charge in [0.2, 0.25) is 0 Å². The number of carbonyl (C=O) groups excluding carboxylic acids is 1. The summed E-state index contributed by atoms with van der Waals surface area (Å²) in [5.74, 6) is 0.0744. The van der Waals surface area contributed by atoms with Crippen LogP contribution in [0.2, 0.25) is 0 Å². The zero-order chi connectivity index (χ0) is 12.8. The molecule has 2 rings (SSSR count). The Morgan fingerprint density at radius 2 is 1.94 bits per heavy atom. The van der Waals surface area contributed by atoms with Crippen molar-refractivity contribution in [2.45, 2.75) is 13.3 Å². The average molecular weight is 245 g/mol. The third kappa shape index (κ3) is 3.20. The fourth-order valence-electron chi connectivity index (χ4n) is 1.98. The second-order valence-electron chi connectivity index (χ2n) is 4.32. The first kappa shape index (κ1) is 12.8. The third-order valence-electron chi connectivity index (χ3n) is 3.03. The van der Waals surface area contributed by atoms with E-state index in [0.717, 1.165) is 44.0 Å². The maximum absolute atomic E-state index is 11.8. The summed E-state index contributed by atoms with van der Waals surface area (Å²) >= 11 is 0. The molecule has 18 heavy (non-hydrogen) atoms. The van der Waals surface area contributed by atoms with Gasteiger partial charge >= 0.3 is 0 Å². The van der Waals surface area contributed by atoms with Crippen LogP contribution in [0, 0.1) is 0 Å². The molecule has 0 unspecified atom stereocenters. The van der Waals surface area contributed by atoms with Gasteiger partial charge in [-0.25, -0.2) is 0 Å². The molecule has 0 N–H and O–H groups in total. The third-order valence-corrected chi connectivity index (χ3v) is 3.03. The van der Waals surface area contributed by atoms with Crippen molar-refractivity contribution in [1.29, 1.82) is 0 Å². The number of carbonyl (C=O) groups is 1. The summed E-state index contributed by atoms with van der Waals surface area (Å²) in [7, 11) is 0. The number of morpholine rings is 1. The molecule has 1 saturated heterocycles. The lowest BCUT2D eigenvalue weighted by Crippen LogP contribution is -2.36. The number of benzene rings is 1. The zero-order valence-electron chi connectivity index (χ0n) is 10.8. The van der Waals surface area contributed by atoms with E-state index in [-0.39, 0.29) is 5.78 Å². The SMILES string of the molecule is CC/C=C/C(=O)c1ccc(N2CCOCC2)cc1. The second kappa shape index (κ2) is 6.36. The number of ether oxygens (including phenoxy) is 1. The van der Waals surface area contributed by atoms with Crippen molar-refractivity contribution in [2.24, 2.45) is 0 Å². The van der Waals surface area contributed by atoms with E-state index in [1.807, 2.05) is 37.3 Å². The summed E-state index contributed by atoms with van der Waals surface area (Å²) in [5.41, 5.74) is 1.91. The molecule has 1 aliphatic rings. The predicted molar refractivity (Wildman–Crippen MR) is 73.2 cm³/mol. The highest BCUT2D eigenvalue weighted by atomic mass is 16.5. The number of ketones is 1. The van der Waals surface area contributed by atoms with Crippen LogP contribution in [0.3, 0.4) is 0 Å². The molecule has 0 saturated carbocycles. The van der Waals surface area contributed by atoms with Gasteiger partial charge in [-0.2, -0.15) is 0 Å². The minimum Gasteiger partial charge on any atom is -0.378 e. The Hall–Kier alpha value is -1.61. The molecule has 3 heteroatoms. The van der Waals surface area contributed by atoms with E-state index in [2.05, 4.69) is 4.90 Å². The highest BCUT2D eigenvalue weighted by molar-refractivity contribution is 6.04. The lowest BCUT2D eigenvalue weighted by Gasteiger charge is -2.28. The van der Waals surface area contributed by atoms with Gasteiger partial charge in [0.15, 0.2) is 5.78 Å². The van der Waals surface area contributed by atoms with Crippen LogP contribution in [0.5, 0.6) is 0 Å². The molecule has 0 atom stereocenters. The highest BCUT2D eigenvalue weighted by Crippen LogP contribution is 2.17. The fourth-order valence-corrected chi connectivity index (χ4v) is 1.98. The normalized spacial score (nSPS) is 16.2. The van der Waals surface area contributed by atoms with Gasteiger partial charge in [0.25, 0.3) is 0 Å². The van der Waals surface area contributed by atoms with Gasteiger partial charge in [0, 0.05) is 24.3 Å². The molecule has 1 fully saturated rings. The van der Waals surface area contributed by atoms with Gasteiger partial charge in [-0.15, -0.1) is 0 Å². The lowest BCUT2D eigenvalue weighted by molar-refractivity contribution is 0.104. The Balaban J connectivity index is 2.04. The predicted octanol–water partition coefficient (Wildman–Crippen LogP) is 2.67. The van der Waals surface area contributed by atoms with Crippen LogP contribution in [0.4, 0.5) is 5.69 Å². The monoisotopic (exact) mass is 245 g/mol. The van der Waals surface area contributed by atoms with Crippen LogP contribution in [0.15, 0.2) is 36.4 Å². The van der Waals surface area contributed by atoms with E-state index in [4.69, 9.17) is 4.74 Å². The van der Waals surface area contributed by atoms with Gasteiger partial charge in [0.05, 0.1) is 13.2 Å². The Bertz CT molecular complexity index is 417. The van der Waals surface area contributed by atoms with Crippen molar-refractivity contribution < 1.29 is 9.53 Å². The minimum absolute atomic E-state index is 0.0744. The Morgan fingerprint density at radius 3 is 2.56 bits per heavy atom. The molecular weight excluding hydrogens is 226 g/mol. The summed E-state index contributed by atoms with van der Waals surface area (Å²) in [6.45, 7) is 5.41. The molecule has 1 aromatic rings. The Kier molecular flexibility index (Phi) is 4.53. The van der Waals surface area contributed by atoms with Crippen LogP contribution in [0.1, 0.15) is 23.7 Å². The van der Waals surface area contributed by atoms with Crippen molar-refractivity contribution in [1.82, 2.24) is 0 Å². The van der Waals surface area contributed by atoms with Crippen LogP contribution in [0.25, 0.3) is 0 Å². The van der Waals surface area contributed by atoms with Crippen molar-refractivity contribution >= 4 is 11.5 Å².